The van der Waals surface area contributed by atoms with Gasteiger partial charge in [0.2, 0.25) is 5.91 Å². The number of carbonyl (C=O) groups is 1. The van der Waals surface area contributed by atoms with Crippen LogP contribution in [0.4, 0.5) is 11.4 Å². The topological polar surface area (TPSA) is 44.4 Å². The van der Waals surface area contributed by atoms with Gasteiger partial charge in [-0.25, -0.2) is 0 Å². The highest BCUT2D eigenvalue weighted by Crippen LogP contribution is 2.34. The van der Waals surface area contributed by atoms with E-state index in [1.165, 1.54) is 12.8 Å². The quantitative estimate of drug-likeness (QED) is 0.826. The minimum Gasteiger partial charge on any atom is -0.382 e. The fourth-order valence-corrected chi connectivity index (χ4v) is 2.11. The van der Waals surface area contributed by atoms with Crippen LogP contribution in [0.1, 0.15) is 19.8 Å². The van der Waals surface area contributed by atoms with Crippen molar-refractivity contribution < 1.29 is 4.79 Å². The number of amides is 1. The van der Waals surface area contributed by atoms with E-state index < -0.39 is 0 Å². The van der Waals surface area contributed by atoms with Gasteiger partial charge >= 0.3 is 0 Å². The van der Waals surface area contributed by atoms with Crippen molar-refractivity contribution in [3.05, 3.63) is 24.3 Å². The normalized spacial score (nSPS) is 16.2. The Balaban J connectivity index is 1.85. The summed E-state index contributed by atoms with van der Waals surface area (Å²) in [6, 6.07) is 8.45. The van der Waals surface area contributed by atoms with Gasteiger partial charge in [0, 0.05) is 17.4 Å². The van der Waals surface area contributed by atoms with Gasteiger partial charge in [0.15, 0.2) is 0 Å². The van der Waals surface area contributed by atoms with Crippen LogP contribution in [0, 0.1) is 5.92 Å². The summed E-state index contributed by atoms with van der Waals surface area (Å²) >= 11 is 0. The highest BCUT2D eigenvalue weighted by atomic mass is 16.2. The van der Waals surface area contributed by atoms with Gasteiger partial charge in [-0.3, -0.25) is 4.79 Å². The number of likely N-dealkylation sites (N-methyl/N-ethyl adjacent to an activating group) is 1. The van der Waals surface area contributed by atoms with Gasteiger partial charge in [0.25, 0.3) is 0 Å². The van der Waals surface area contributed by atoms with Gasteiger partial charge in [-0.05, 0) is 64.0 Å². The zero-order valence-electron chi connectivity index (χ0n) is 11.9. The summed E-state index contributed by atoms with van der Waals surface area (Å²) in [6.45, 7) is 2.63. The molecular weight excluding hydrogens is 238 g/mol. The number of carbonyl (C=O) groups excluding carboxylic acids is 1. The van der Waals surface area contributed by atoms with Crippen LogP contribution in [0.2, 0.25) is 0 Å². The molecule has 0 aromatic heterocycles. The van der Waals surface area contributed by atoms with Crippen LogP contribution >= 0.6 is 0 Å². The van der Waals surface area contributed by atoms with E-state index in [2.05, 4.69) is 17.6 Å². The fourth-order valence-electron chi connectivity index (χ4n) is 2.11. The van der Waals surface area contributed by atoms with Crippen LogP contribution in [-0.2, 0) is 4.79 Å². The van der Waals surface area contributed by atoms with Crippen molar-refractivity contribution in [2.75, 3.05) is 31.3 Å². The maximum atomic E-state index is 11.6. The summed E-state index contributed by atoms with van der Waals surface area (Å²) in [6.07, 6.45) is 2.68. The number of rotatable bonds is 6. The van der Waals surface area contributed by atoms with E-state index in [-0.39, 0.29) is 5.91 Å². The SMILES string of the molecule is C[C@H](Nc1ccc(NC(=O)CN(C)C)cc1)C1CC1. The van der Waals surface area contributed by atoms with Crippen molar-refractivity contribution in [1.29, 1.82) is 0 Å². The van der Waals surface area contributed by atoms with Gasteiger partial charge in [-0.15, -0.1) is 0 Å². The molecule has 1 amide bonds. The smallest absolute Gasteiger partial charge is 0.238 e. The van der Waals surface area contributed by atoms with Crippen molar-refractivity contribution >= 4 is 17.3 Å². The lowest BCUT2D eigenvalue weighted by molar-refractivity contribution is -0.116. The lowest BCUT2D eigenvalue weighted by Crippen LogP contribution is -2.27. The summed E-state index contributed by atoms with van der Waals surface area (Å²) in [5, 5.41) is 6.38. The molecule has 0 spiro atoms. The highest BCUT2D eigenvalue weighted by molar-refractivity contribution is 5.92. The number of hydrogen-bond donors (Lipinski definition) is 2. The first kappa shape index (κ1) is 13.9. The standard InChI is InChI=1S/C15H23N3O/c1-11(12-4-5-12)16-13-6-8-14(9-7-13)17-15(19)10-18(2)3/h6-9,11-12,16H,4-5,10H2,1-3H3,(H,17,19)/t11-/m0/s1. The Morgan fingerprint density at radius 3 is 2.37 bits per heavy atom. The summed E-state index contributed by atoms with van der Waals surface area (Å²) < 4.78 is 0. The second-order valence-electron chi connectivity index (χ2n) is 5.63. The Morgan fingerprint density at radius 1 is 1.26 bits per heavy atom. The minimum atomic E-state index is 0.0112. The Kier molecular flexibility index (Phi) is 4.43. The lowest BCUT2D eigenvalue weighted by Gasteiger charge is -2.15. The van der Waals surface area contributed by atoms with E-state index >= 15 is 0 Å². The molecule has 4 heteroatoms. The number of benzene rings is 1. The summed E-state index contributed by atoms with van der Waals surface area (Å²) in [7, 11) is 3.76. The maximum absolute atomic E-state index is 11.6. The van der Waals surface area contributed by atoms with Crippen molar-refractivity contribution in [1.82, 2.24) is 4.90 Å². The third kappa shape index (κ3) is 4.56. The van der Waals surface area contributed by atoms with Crippen LogP contribution in [-0.4, -0.2) is 37.5 Å². The molecule has 1 fully saturated rings. The highest BCUT2D eigenvalue weighted by Gasteiger charge is 2.27. The molecule has 1 aliphatic carbocycles. The first-order chi connectivity index (χ1) is 9.04. The second-order valence-corrected chi connectivity index (χ2v) is 5.63. The van der Waals surface area contributed by atoms with Crippen LogP contribution < -0.4 is 10.6 Å². The van der Waals surface area contributed by atoms with Gasteiger partial charge in [-0.1, -0.05) is 0 Å². The molecule has 19 heavy (non-hydrogen) atoms. The van der Waals surface area contributed by atoms with Crippen LogP contribution in [0.3, 0.4) is 0 Å². The third-order valence-corrected chi connectivity index (χ3v) is 3.35. The number of nitrogens with zero attached hydrogens (tertiary/aromatic N) is 1. The molecule has 0 heterocycles. The minimum absolute atomic E-state index is 0.0112. The Hall–Kier alpha value is -1.55. The van der Waals surface area contributed by atoms with Gasteiger partial charge in [0.1, 0.15) is 0 Å². The predicted molar refractivity (Wildman–Crippen MR) is 79.4 cm³/mol. The molecule has 2 rings (SSSR count). The molecule has 1 aliphatic rings. The molecule has 1 aromatic rings. The van der Waals surface area contributed by atoms with Gasteiger partial charge in [0.05, 0.1) is 6.54 Å². The van der Waals surface area contributed by atoms with E-state index in [1.54, 1.807) is 0 Å². The second kappa shape index (κ2) is 6.06. The third-order valence-electron chi connectivity index (χ3n) is 3.35. The van der Waals surface area contributed by atoms with E-state index in [1.807, 2.05) is 43.3 Å². The first-order valence-corrected chi connectivity index (χ1v) is 6.86. The molecule has 0 aliphatic heterocycles. The zero-order valence-corrected chi connectivity index (χ0v) is 11.9. The molecule has 1 saturated carbocycles. The molecular formula is C15H23N3O. The molecule has 2 N–H and O–H groups in total. The van der Waals surface area contributed by atoms with Crippen LogP contribution in [0.25, 0.3) is 0 Å². The summed E-state index contributed by atoms with van der Waals surface area (Å²) in [4.78, 5) is 13.5. The average molecular weight is 261 g/mol. The van der Waals surface area contributed by atoms with E-state index in [9.17, 15) is 4.79 Å². The first-order valence-electron chi connectivity index (χ1n) is 6.86. The molecule has 4 nitrogen and oxygen atoms in total. The number of nitrogens with one attached hydrogen (secondary N) is 2. The van der Waals surface area contributed by atoms with Crippen molar-refractivity contribution in [3.63, 3.8) is 0 Å². The van der Waals surface area contributed by atoms with Crippen molar-refractivity contribution in [2.45, 2.75) is 25.8 Å². The zero-order chi connectivity index (χ0) is 13.8. The fraction of sp³-hybridized carbons (Fsp3) is 0.533. The summed E-state index contributed by atoms with van der Waals surface area (Å²) in [5.41, 5.74) is 1.96. The predicted octanol–water partition coefficient (Wildman–Crippen LogP) is 2.40. The van der Waals surface area contributed by atoms with Crippen LogP contribution in [0.5, 0.6) is 0 Å². The summed E-state index contributed by atoms with van der Waals surface area (Å²) in [5.74, 6) is 0.844. The van der Waals surface area contributed by atoms with Crippen LogP contribution in [0.15, 0.2) is 24.3 Å². The Bertz CT molecular complexity index is 424. The molecule has 0 bridgehead atoms. The van der Waals surface area contributed by atoms with E-state index in [0.29, 0.717) is 12.6 Å². The molecule has 104 valence electrons. The monoisotopic (exact) mass is 261 g/mol. The van der Waals surface area contributed by atoms with E-state index in [0.717, 1.165) is 17.3 Å². The number of anilines is 2. The Morgan fingerprint density at radius 2 is 1.84 bits per heavy atom. The van der Waals surface area contributed by atoms with Crippen molar-refractivity contribution in [3.8, 4) is 0 Å². The average Bonchev–Trinajstić information content (AvgIpc) is 3.14. The van der Waals surface area contributed by atoms with Gasteiger partial charge < -0.3 is 15.5 Å². The van der Waals surface area contributed by atoms with E-state index in [4.69, 9.17) is 0 Å². The maximum Gasteiger partial charge on any atom is 0.238 e. The number of hydrogen-bond acceptors (Lipinski definition) is 3. The van der Waals surface area contributed by atoms with Gasteiger partial charge in [-0.2, -0.15) is 0 Å². The molecule has 0 radical (unpaired) electrons. The molecule has 1 aromatic carbocycles. The molecule has 0 saturated heterocycles. The molecule has 0 unspecified atom stereocenters. The lowest BCUT2D eigenvalue weighted by atomic mass is 10.2. The molecule has 1 atom stereocenters. The Labute approximate surface area is 115 Å². The largest absolute Gasteiger partial charge is 0.382 e. The van der Waals surface area contributed by atoms with Crippen molar-refractivity contribution in [2.24, 2.45) is 5.92 Å².